The summed E-state index contributed by atoms with van der Waals surface area (Å²) in [6.45, 7) is 5.25. The van der Waals surface area contributed by atoms with E-state index >= 15 is 0 Å². The van der Waals surface area contributed by atoms with Gasteiger partial charge in [-0.15, -0.1) is 11.3 Å². The number of rotatable bonds is 8. The van der Waals surface area contributed by atoms with E-state index in [4.69, 9.17) is 0 Å². The van der Waals surface area contributed by atoms with Crippen LogP contribution in [-0.2, 0) is 11.2 Å². The molecule has 0 aliphatic carbocycles. The SMILES string of the molecule is CC(C)C(NCC(=O)NCCc1nc2ccccc2s1)c1ccccc1. The molecular weight excluding hydrogens is 342 g/mol. The Labute approximate surface area is 158 Å². The van der Waals surface area contributed by atoms with Crippen molar-refractivity contribution in [2.24, 2.45) is 5.92 Å². The van der Waals surface area contributed by atoms with Crippen LogP contribution in [0.15, 0.2) is 54.6 Å². The number of carbonyl (C=O) groups is 1. The fourth-order valence-electron chi connectivity index (χ4n) is 3.00. The predicted molar refractivity (Wildman–Crippen MR) is 108 cm³/mol. The Morgan fingerprint density at radius 3 is 2.54 bits per heavy atom. The molecule has 3 rings (SSSR count). The van der Waals surface area contributed by atoms with Crippen LogP contribution in [0.25, 0.3) is 10.2 Å². The molecule has 1 amide bonds. The van der Waals surface area contributed by atoms with E-state index in [0.717, 1.165) is 16.9 Å². The van der Waals surface area contributed by atoms with E-state index < -0.39 is 0 Å². The van der Waals surface area contributed by atoms with Crippen LogP contribution in [0, 0.1) is 5.92 Å². The average molecular weight is 368 g/mol. The predicted octanol–water partition coefficient (Wildman–Crippen LogP) is 3.94. The molecule has 0 fully saturated rings. The molecule has 0 radical (unpaired) electrons. The van der Waals surface area contributed by atoms with E-state index in [9.17, 15) is 4.79 Å². The highest BCUT2D eigenvalue weighted by molar-refractivity contribution is 7.18. The molecule has 1 heterocycles. The Morgan fingerprint density at radius 1 is 1.08 bits per heavy atom. The highest BCUT2D eigenvalue weighted by Crippen LogP contribution is 2.22. The topological polar surface area (TPSA) is 54.0 Å². The first-order chi connectivity index (χ1) is 12.6. The standard InChI is InChI=1S/C21H25N3OS/c1-15(2)21(16-8-4-3-5-9-16)23-14-19(25)22-13-12-20-24-17-10-6-7-11-18(17)26-20/h3-11,15,21,23H,12-14H2,1-2H3,(H,22,25). The minimum atomic E-state index is 0.0210. The first-order valence-corrected chi connectivity index (χ1v) is 9.84. The van der Waals surface area contributed by atoms with Crippen LogP contribution in [-0.4, -0.2) is 24.0 Å². The third kappa shape index (κ3) is 4.90. The number of carbonyl (C=O) groups excluding carboxylic acids is 1. The Balaban J connectivity index is 1.46. The van der Waals surface area contributed by atoms with Crippen LogP contribution in [0.1, 0.15) is 30.5 Å². The molecular formula is C21H25N3OS. The fourth-order valence-corrected chi connectivity index (χ4v) is 3.97. The van der Waals surface area contributed by atoms with Crippen molar-refractivity contribution in [3.63, 3.8) is 0 Å². The van der Waals surface area contributed by atoms with Crippen molar-refractivity contribution in [1.82, 2.24) is 15.6 Å². The Morgan fingerprint density at radius 2 is 1.81 bits per heavy atom. The van der Waals surface area contributed by atoms with Gasteiger partial charge in [0.25, 0.3) is 0 Å². The van der Waals surface area contributed by atoms with Crippen LogP contribution < -0.4 is 10.6 Å². The molecule has 0 aliphatic rings. The number of hydrogen-bond donors (Lipinski definition) is 2. The molecule has 2 N–H and O–H groups in total. The molecule has 0 aliphatic heterocycles. The molecule has 0 saturated heterocycles. The Hall–Kier alpha value is -2.24. The van der Waals surface area contributed by atoms with Crippen LogP contribution in [0.5, 0.6) is 0 Å². The van der Waals surface area contributed by atoms with E-state index in [1.807, 2.05) is 36.4 Å². The van der Waals surface area contributed by atoms with Crippen molar-refractivity contribution in [3.05, 3.63) is 65.2 Å². The number of aromatic nitrogens is 1. The van der Waals surface area contributed by atoms with Gasteiger partial charge in [-0.25, -0.2) is 4.98 Å². The second-order valence-corrected chi connectivity index (χ2v) is 7.80. The van der Waals surface area contributed by atoms with E-state index in [-0.39, 0.29) is 11.9 Å². The number of nitrogens with zero attached hydrogens (tertiary/aromatic N) is 1. The fraction of sp³-hybridized carbons (Fsp3) is 0.333. The zero-order valence-corrected chi connectivity index (χ0v) is 16.1. The number of nitrogens with one attached hydrogen (secondary N) is 2. The van der Waals surface area contributed by atoms with Gasteiger partial charge in [-0.3, -0.25) is 4.79 Å². The lowest BCUT2D eigenvalue weighted by molar-refractivity contribution is -0.120. The van der Waals surface area contributed by atoms with Gasteiger partial charge in [0, 0.05) is 19.0 Å². The Kier molecular flexibility index (Phi) is 6.36. The Bertz CT molecular complexity index is 812. The molecule has 5 heteroatoms. The number of para-hydroxylation sites is 1. The van der Waals surface area contributed by atoms with E-state index in [1.165, 1.54) is 10.3 Å². The van der Waals surface area contributed by atoms with Gasteiger partial charge < -0.3 is 10.6 Å². The summed E-state index contributed by atoms with van der Waals surface area (Å²) >= 11 is 1.69. The van der Waals surface area contributed by atoms with Gasteiger partial charge >= 0.3 is 0 Å². The molecule has 0 saturated carbocycles. The number of thiazole rings is 1. The third-order valence-electron chi connectivity index (χ3n) is 4.31. The molecule has 1 aromatic heterocycles. The number of amides is 1. The smallest absolute Gasteiger partial charge is 0.233 e. The summed E-state index contributed by atoms with van der Waals surface area (Å²) in [5, 5.41) is 7.43. The maximum absolute atomic E-state index is 12.2. The van der Waals surface area contributed by atoms with E-state index in [0.29, 0.717) is 19.0 Å². The van der Waals surface area contributed by atoms with Crippen molar-refractivity contribution in [3.8, 4) is 0 Å². The number of fused-ring (bicyclic) bond motifs is 1. The summed E-state index contributed by atoms with van der Waals surface area (Å²) < 4.78 is 1.19. The second-order valence-electron chi connectivity index (χ2n) is 6.69. The summed E-state index contributed by atoms with van der Waals surface area (Å²) in [4.78, 5) is 16.8. The summed E-state index contributed by atoms with van der Waals surface area (Å²) in [5.41, 5.74) is 2.24. The second kappa shape index (κ2) is 8.92. The van der Waals surface area contributed by atoms with Gasteiger partial charge in [-0.05, 0) is 23.6 Å². The van der Waals surface area contributed by atoms with Crippen LogP contribution in [0.2, 0.25) is 0 Å². The van der Waals surface area contributed by atoms with Crippen molar-refractivity contribution >= 4 is 27.5 Å². The first-order valence-electron chi connectivity index (χ1n) is 9.03. The lowest BCUT2D eigenvalue weighted by Crippen LogP contribution is -2.38. The third-order valence-corrected chi connectivity index (χ3v) is 5.40. The summed E-state index contributed by atoms with van der Waals surface area (Å²) in [6.07, 6.45) is 0.761. The molecule has 3 aromatic rings. The number of hydrogen-bond acceptors (Lipinski definition) is 4. The molecule has 2 aromatic carbocycles. The van der Waals surface area contributed by atoms with Crippen molar-refractivity contribution in [2.75, 3.05) is 13.1 Å². The highest BCUT2D eigenvalue weighted by Gasteiger charge is 2.16. The minimum absolute atomic E-state index is 0.0210. The maximum Gasteiger partial charge on any atom is 0.233 e. The van der Waals surface area contributed by atoms with Crippen LogP contribution in [0.3, 0.4) is 0 Å². The quantitative estimate of drug-likeness (QED) is 0.634. The monoisotopic (exact) mass is 367 g/mol. The molecule has 1 atom stereocenters. The molecule has 136 valence electrons. The highest BCUT2D eigenvalue weighted by atomic mass is 32.1. The normalized spacial score (nSPS) is 12.4. The minimum Gasteiger partial charge on any atom is -0.355 e. The zero-order chi connectivity index (χ0) is 18.4. The molecule has 0 spiro atoms. The van der Waals surface area contributed by atoms with Crippen molar-refractivity contribution < 1.29 is 4.79 Å². The molecule has 4 nitrogen and oxygen atoms in total. The molecule has 26 heavy (non-hydrogen) atoms. The molecule has 1 unspecified atom stereocenters. The average Bonchev–Trinajstić information content (AvgIpc) is 3.05. The maximum atomic E-state index is 12.2. The zero-order valence-electron chi connectivity index (χ0n) is 15.2. The summed E-state index contributed by atoms with van der Waals surface area (Å²) in [7, 11) is 0. The van der Waals surface area contributed by atoms with E-state index in [1.54, 1.807) is 11.3 Å². The van der Waals surface area contributed by atoms with Gasteiger partial charge in [-0.1, -0.05) is 56.3 Å². The van der Waals surface area contributed by atoms with Crippen molar-refractivity contribution in [2.45, 2.75) is 26.3 Å². The lowest BCUT2D eigenvalue weighted by atomic mass is 9.96. The number of benzene rings is 2. The summed E-state index contributed by atoms with van der Waals surface area (Å²) in [6, 6.07) is 18.6. The summed E-state index contributed by atoms with van der Waals surface area (Å²) in [5.74, 6) is 0.431. The van der Waals surface area contributed by atoms with E-state index in [2.05, 4.69) is 47.7 Å². The van der Waals surface area contributed by atoms with Crippen LogP contribution in [0.4, 0.5) is 0 Å². The van der Waals surface area contributed by atoms with Gasteiger partial charge in [0.15, 0.2) is 0 Å². The van der Waals surface area contributed by atoms with Gasteiger partial charge in [0.05, 0.1) is 21.8 Å². The first kappa shape index (κ1) is 18.5. The van der Waals surface area contributed by atoms with Gasteiger partial charge in [-0.2, -0.15) is 0 Å². The van der Waals surface area contributed by atoms with Gasteiger partial charge in [0.2, 0.25) is 5.91 Å². The van der Waals surface area contributed by atoms with Crippen LogP contribution >= 0.6 is 11.3 Å². The molecule has 0 bridgehead atoms. The lowest BCUT2D eigenvalue weighted by Gasteiger charge is -2.22. The van der Waals surface area contributed by atoms with Gasteiger partial charge in [0.1, 0.15) is 0 Å². The largest absolute Gasteiger partial charge is 0.355 e. The van der Waals surface area contributed by atoms with Crippen molar-refractivity contribution in [1.29, 1.82) is 0 Å².